The van der Waals surface area contributed by atoms with E-state index in [0.29, 0.717) is 12.1 Å². The summed E-state index contributed by atoms with van der Waals surface area (Å²) in [5.41, 5.74) is 3.19. The molecule has 1 fully saturated rings. The Kier molecular flexibility index (Phi) is 6.46. The maximum Gasteiger partial charge on any atom is 0.251 e. The highest BCUT2D eigenvalue weighted by atomic mass is 79.9. The molecule has 0 aromatic heterocycles. The largest absolute Gasteiger partial charge is 0.350 e. The summed E-state index contributed by atoms with van der Waals surface area (Å²) >= 11 is 3.43. The van der Waals surface area contributed by atoms with Crippen LogP contribution in [0.25, 0.3) is 0 Å². The van der Waals surface area contributed by atoms with Gasteiger partial charge in [0.05, 0.1) is 6.04 Å². The second kappa shape index (κ2) is 8.80. The fraction of sp³-hybridized carbons (Fsp3) is 0.381. The monoisotopic (exact) mass is 415 g/mol. The Labute approximate surface area is 164 Å². The average Bonchev–Trinajstić information content (AvgIpc) is 2.64. The molecule has 1 aliphatic heterocycles. The van der Waals surface area contributed by atoms with Crippen molar-refractivity contribution >= 4 is 21.8 Å². The Morgan fingerprint density at radius 2 is 1.81 bits per heavy atom. The van der Waals surface area contributed by atoms with Gasteiger partial charge in [-0.25, -0.2) is 0 Å². The van der Waals surface area contributed by atoms with E-state index in [0.717, 1.165) is 30.7 Å². The van der Waals surface area contributed by atoms with Crippen molar-refractivity contribution in [1.82, 2.24) is 15.1 Å². The molecule has 1 heterocycles. The molecule has 0 spiro atoms. The lowest BCUT2D eigenvalue weighted by Gasteiger charge is -2.38. The number of benzene rings is 2. The fourth-order valence-corrected chi connectivity index (χ4v) is 3.70. The summed E-state index contributed by atoms with van der Waals surface area (Å²) in [5.74, 6) is -0.0301. The molecule has 1 saturated heterocycles. The van der Waals surface area contributed by atoms with E-state index in [1.165, 1.54) is 11.1 Å². The molecule has 1 N–H and O–H groups in total. The Morgan fingerprint density at radius 3 is 2.46 bits per heavy atom. The molecular formula is C21H26BrN3O. The van der Waals surface area contributed by atoms with Crippen molar-refractivity contribution in [3.8, 4) is 0 Å². The Hall–Kier alpha value is -1.69. The molecule has 3 rings (SSSR count). The highest BCUT2D eigenvalue weighted by Gasteiger charge is 2.24. The van der Waals surface area contributed by atoms with E-state index < -0.39 is 0 Å². The number of hydrogen-bond acceptors (Lipinski definition) is 3. The molecule has 2 aromatic carbocycles. The molecule has 0 bridgehead atoms. The van der Waals surface area contributed by atoms with Gasteiger partial charge in [0.15, 0.2) is 0 Å². The van der Waals surface area contributed by atoms with Gasteiger partial charge in [-0.15, -0.1) is 0 Å². The third-order valence-corrected chi connectivity index (χ3v) is 5.48. The van der Waals surface area contributed by atoms with Crippen LogP contribution < -0.4 is 5.32 Å². The highest BCUT2D eigenvalue weighted by Crippen LogP contribution is 2.22. The molecule has 138 valence electrons. The summed E-state index contributed by atoms with van der Waals surface area (Å²) in [5, 5.41) is 3.13. The van der Waals surface area contributed by atoms with Crippen molar-refractivity contribution in [3.05, 3.63) is 69.7 Å². The van der Waals surface area contributed by atoms with Gasteiger partial charge in [0.1, 0.15) is 0 Å². The lowest BCUT2D eigenvalue weighted by Crippen LogP contribution is -2.48. The van der Waals surface area contributed by atoms with Crippen LogP contribution in [0, 0.1) is 6.92 Å². The van der Waals surface area contributed by atoms with E-state index in [1.54, 1.807) is 0 Å². The van der Waals surface area contributed by atoms with Crippen molar-refractivity contribution in [2.24, 2.45) is 0 Å². The molecule has 2 aromatic rings. The first-order chi connectivity index (χ1) is 12.5. The third kappa shape index (κ3) is 4.93. The van der Waals surface area contributed by atoms with Gasteiger partial charge in [-0.1, -0.05) is 51.8 Å². The molecule has 0 radical (unpaired) electrons. The normalized spacial score (nSPS) is 17.0. The Morgan fingerprint density at radius 1 is 1.12 bits per heavy atom. The topological polar surface area (TPSA) is 35.6 Å². The Balaban J connectivity index is 1.73. The fourth-order valence-electron chi connectivity index (χ4n) is 3.30. The van der Waals surface area contributed by atoms with Gasteiger partial charge >= 0.3 is 0 Å². The number of hydrogen-bond donors (Lipinski definition) is 1. The van der Waals surface area contributed by atoms with Crippen LogP contribution in [0.2, 0.25) is 0 Å². The zero-order valence-electron chi connectivity index (χ0n) is 15.4. The van der Waals surface area contributed by atoms with Gasteiger partial charge < -0.3 is 10.2 Å². The van der Waals surface area contributed by atoms with E-state index in [4.69, 9.17) is 0 Å². The molecule has 26 heavy (non-hydrogen) atoms. The number of amides is 1. The van der Waals surface area contributed by atoms with Crippen molar-refractivity contribution in [1.29, 1.82) is 0 Å². The molecule has 1 amide bonds. The predicted octanol–water partition coefficient (Wildman–Crippen LogP) is 3.48. The van der Waals surface area contributed by atoms with Gasteiger partial charge in [0.2, 0.25) is 0 Å². The number of carbonyl (C=O) groups is 1. The van der Waals surface area contributed by atoms with Crippen LogP contribution in [0.1, 0.15) is 27.5 Å². The number of halogens is 1. The smallest absolute Gasteiger partial charge is 0.251 e. The number of nitrogens with one attached hydrogen (secondary N) is 1. The van der Waals surface area contributed by atoms with E-state index in [-0.39, 0.29) is 11.9 Å². The number of rotatable bonds is 5. The maximum absolute atomic E-state index is 12.6. The summed E-state index contributed by atoms with van der Waals surface area (Å²) in [7, 11) is 2.16. The minimum Gasteiger partial charge on any atom is -0.350 e. The van der Waals surface area contributed by atoms with Gasteiger partial charge in [-0.2, -0.15) is 0 Å². The van der Waals surface area contributed by atoms with Crippen LogP contribution in [0.4, 0.5) is 0 Å². The van der Waals surface area contributed by atoms with Gasteiger partial charge in [0, 0.05) is 42.8 Å². The molecule has 0 unspecified atom stereocenters. The summed E-state index contributed by atoms with van der Waals surface area (Å²) in [4.78, 5) is 17.4. The standard InChI is InChI=1S/C21H26BrN3O/c1-16-6-8-17(9-7-16)20(25-12-10-24(2)11-13-25)15-23-21(26)18-4-3-5-19(22)14-18/h3-9,14,20H,10-13,15H2,1-2H3,(H,23,26)/t20-/m0/s1. The minimum absolute atomic E-state index is 0.0301. The lowest BCUT2D eigenvalue weighted by molar-refractivity contribution is 0.0886. The summed E-state index contributed by atoms with van der Waals surface area (Å²) in [6.45, 7) is 6.86. The maximum atomic E-state index is 12.6. The van der Waals surface area contributed by atoms with Gasteiger partial charge in [0.25, 0.3) is 5.91 Å². The summed E-state index contributed by atoms with van der Waals surface area (Å²) in [6, 6.07) is 16.4. The third-order valence-electron chi connectivity index (χ3n) is 4.98. The first-order valence-corrected chi connectivity index (χ1v) is 9.85. The Bertz CT molecular complexity index is 739. The number of likely N-dealkylation sites (N-methyl/N-ethyl adjacent to an activating group) is 1. The molecular weight excluding hydrogens is 390 g/mol. The number of aryl methyl sites for hydroxylation is 1. The second-order valence-corrected chi connectivity index (χ2v) is 7.90. The number of carbonyl (C=O) groups excluding carboxylic acids is 1. The van der Waals surface area contributed by atoms with Crippen LogP contribution in [0.3, 0.4) is 0 Å². The average molecular weight is 416 g/mol. The number of nitrogens with zero attached hydrogens (tertiary/aromatic N) is 2. The van der Waals surface area contributed by atoms with Gasteiger partial charge in [-0.3, -0.25) is 9.69 Å². The zero-order chi connectivity index (χ0) is 18.5. The lowest BCUT2D eigenvalue weighted by atomic mass is 10.0. The molecule has 0 saturated carbocycles. The van der Waals surface area contributed by atoms with Crippen molar-refractivity contribution in [2.75, 3.05) is 39.8 Å². The van der Waals surface area contributed by atoms with Crippen molar-refractivity contribution < 1.29 is 4.79 Å². The predicted molar refractivity (Wildman–Crippen MR) is 109 cm³/mol. The molecule has 5 heteroatoms. The molecule has 1 aliphatic rings. The second-order valence-electron chi connectivity index (χ2n) is 6.99. The van der Waals surface area contributed by atoms with Crippen LogP contribution in [0.15, 0.2) is 53.0 Å². The SMILES string of the molecule is Cc1ccc([C@H](CNC(=O)c2cccc(Br)c2)N2CCN(C)CC2)cc1. The minimum atomic E-state index is -0.0301. The molecule has 4 nitrogen and oxygen atoms in total. The van der Waals surface area contributed by atoms with E-state index in [2.05, 4.69) is 69.3 Å². The van der Waals surface area contributed by atoms with Crippen LogP contribution >= 0.6 is 15.9 Å². The van der Waals surface area contributed by atoms with Crippen LogP contribution in [0.5, 0.6) is 0 Å². The van der Waals surface area contributed by atoms with E-state index in [9.17, 15) is 4.79 Å². The quantitative estimate of drug-likeness (QED) is 0.811. The summed E-state index contributed by atoms with van der Waals surface area (Å²) in [6.07, 6.45) is 0. The van der Waals surface area contributed by atoms with Crippen molar-refractivity contribution in [2.45, 2.75) is 13.0 Å². The first-order valence-electron chi connectivity index (χ1n) is 9.06. The van der Waals surface area contributed by atoms with Gasteiger partial charge in [-0.05, 0) is 37.7 Å². The molecule has 0 aliphatic carbocycles. The zero-order valence-corrected chi connectivity index (χ0v) is 17.0. The summed E-state index contributed by atoms with van der Waals surface area (Å²) < 4.78 is 0.916. The van der Waals surface area contributed by atoms with Crippen molar-refractivity contribution in [3.63, 3.8) is 0 Å². The number of piperazine rings is 1. The first kappa shape index (κ1) is 19.1. The molecule has 1 atom stereocenters. The van der Waals surface area contributed by atoms with E-state index >= 15 is 0 Å². The van der Waals surface area contributed by atoms with Crippen LogP contribution in [-0.4, -0.2) is 55.5 Å². The van der Waals surface area contributed by atoms with E-state index in [1.807, 2.05) is 24.3 Å². The highest BCUT2D eigenvalue weighted by molar-refractivity contribution is 9.10. The van der Waals surface area contributed by atoms with Crippen LogP contribution in [-0.2, 0) is 0 Å².